The summed E-state index contributed by atoms with van der Waals surface area (Å²) in [5.74, 6) is 1.69. The first-order valence-electron chi connectivity index (χ1n) is 7.59. The second-order valence-corrected chi connectivity index (χ2v) is 5.54. The Hall–Kier alpha value is -2.69. The molecule has 0 heterocycles. The number of anilines is 3. The molecule has 5 nitrogen and oxygen atoms in total. The normalized spacial score (nSPS) is 13.3. The lowest BCUT2D eigenvalue weighted by molar-refractivity contribution is -0.117. The van der Waals surface area contributed by atoms with Crippen molar-refractivity contribution < 1.29 is 14.3 Å². The molecule has 1 fully saturated rings. The summed E-state index contributed by atoms with van der Waals surface area (Å²) < 4.78 is 10.5. The van der Waals surface area contributed by atoms with E-state index in [4.69, 9.17) is 9.47 Å². The van der Waals surface area contributed by atoms with Crippen molar-refractivity contribution in [1.29, 1.82) is 0 Å². The predicted molar refractivity (Wildman–Crippen MR) is 90.6 cm³/mol. The fraction of sp³-hybridized carbons (Fsp3) is 0.278. The van der Waals surface area contributed by atoms with Gasteiger partial charge in [0, 0.05) is 29.0 Å². The van der Waals surface area contributed by atoms with E-state index < -0.39 is 0 Å². The fourth-order valence-corrected chi connectivity index (χ4v) is 2.31. The number of ether oxygens (including phenoxy) is 2. The quantitative estimate of drug-likeness (QED) is 0.852. The maximum Gasteiger partial charge on any atom is 0.227 e. The molecule has 0 saturated heterocycles. The molecule has 2 aromatic rings. The molecule has 0 bridgehead atoms. The van der Waals surface area contributed by atoms with Crippen LogP contribution in [0.25, 0.3) is 0 Å². The van der Waals surface area contributed by atoms with Crippen LogP contribution in [0.2, 0.25) is 0 Å². The summed E-state index contributed by atoms with van der Waals surface area (Å²) in [6.07, 6.45) is 2.01. The molecule has 0 radical (unpaired) electrons. The molecule has 1 saturated carbocycles. The average molecular weight is 312 g/mol. The van der Waals surface area contributed by atoms with Gasteiger partial charge in [-0.25, -0.2) is 0 Å². The first kappa shape index (κ1) is 15.2. The lowest BCUT2D eigenvalue weighted by Crippen LogP contribution is -2.13. The van der Waals surface area contributed by atoms with Gasteiger partial charge in [0.15, 0.2) is 11.5 Å². The number of nitrogens with one attached hydrogen (secondary N) is 2. The van der Waals surface area contributed by atoms with Crippen LogP contribution in [0.4, 0.5) is 17.1 Å². The minimum absolute atomic E-state index is 0.116. The number of amides is 1. The summed E-state index contributed by atoms with van der Waals surface area (Å²) in [6.45, 7) is 0. The van der Waals surface area contributed by atoms with E-state index in [1.54, 1.807) is 14.2 Å². The highest BCUT2D eigenvalue weighted by Crippen LogP contribution is 2.32. The summed E-state index contributed by atoms with van der Waals surface area (Å²) in [5.41, 5.74) is 2.65. The molecule has 5 heteroatoms. The molecule has 0 aromatic heterocycles. The van der Waals surface area contributed by atoms with Crippen molar-refractivity contribution in [2.45, 2.75) is 12.8 Å². The van der Waals surface area contributed by atoms with Gasteiger partial charge in [0.05, 0.1) is 14.2 Å². The average Bonchev–Trinajstić information content (AvgIpc) is 3.41. The van der Waals surface area contributed by atoms with Gasteiger partial charge in [-0.15, -0.1) is 0 Å². The van der Waals surface area contributed by atoms with Crippen LogP contribution < -0.4 is 20.1 Å². The Morgan fingerprint density at radius 3 is 2.13 bits per heavy atom. The van der Waals surface area contributed by atoms with Crippen LogP contribution in [-0.2, 0) is 4.79 Å². The van der Waals surface area contributed by atoms with Crippen LogP contribution in [-0.4, -0.2) is 20.1 Å². The lowest BCUT2D eigenvalue weighted by Gasteiger charge is -2.12. The molecular formula is C18H20N2O3. The van der Waals surface area contributed by atoms with Crippen molar-refractivity contribution in [2.75, 3.05) is 24.9 Å². The van der Waals surface area contributed by atoms with Crippen LogP contribution in [0.15, 0.2) is 42.5 Å². The van der Waals surface area contributed by atoms with E-state index in [-0.39, 0.29) is 11.8 Å². The molecule has 0 spiro atoms. The van der Waals surface area contributed by atoms with Crippen molar-refractivity contribution in [3.05, 3.63) is 42.5 Å². The molecule has 3 rings (SSSR count). The SMILES string of the molecule is COc1ccc(Nc2ccc(NC(=O)C3CC3)cc2)cc1OC. The van der Waals surface area contributed by atoms with Crippen LogP contribution >= 0.6 is 0 Å². The summed E-state index contributed by atoms with van der Waals surface area (Å²) >= 11 is 0. The zero-order valence-electron chi connectivity index (χ0n) is 13.3. The van der Waals surface area contributed by atoms with E-state index in [0.717, 1.165) is 29.9 Å². The predicted octanol–water partition coefficient (Wildman–Crippen LogP) is 3.80. The first-order valence-corrected chi connectivity index (χ1v) is 7.59. The van der Waals surface area contributed by atoms with Gasteiger partial charge in [-0.1, -0.05) is 0 Å². The minimum atomic E-state index is 0.116. The number of carbonyl (C=O) groups excluding carboxylic acids is 1. The van der Waals surface area contributed by atoms with Gasteiger partial charge in [-0.05, 0) is 49.2 Å². The largest absolute Gasteiger partial charge is 0.493 e. The summed E-state index contributed by atoms with van der Waals surface area (Å²) in [5, 5.41) is 6.22. The van der Waals surface area contributed by atoms with Crippen molar-refractivity contribution in [1.82, 2.24) is 0 Å². The minimum Gasteiger partial charge on any atom is -0.493 e. The number of methoxy groups -OCH3 is 2. The molecule has 1 amide bonds. The van der Waals surface area contributed by atoms with E-state index in [2.05, 4.69) is 10.6 Å². The third-order valence-electron chi connectivity index (χ3n) is 3.77. The van der Waals surface area contributed by atoms with E-state index >= 15 is 0 Å². The van der Waals surface area contributed by atoms with E-state index in [0.29, 0.717) is 11.5 Å². The monoisotopic (exact) mass is 312 g/mol. The Morgan fingerprint density at radius 2 is 1.52 bits per heavy atom. The Labute approximate surface area is 135 Å². The fourth-order valence-electron chi connectivity index (χ4n) is 2.31. The molecule has 0 unspecified atom stereocenters. The number of benzene rings is 2. The Bertz CT molecular complexity index is 694. The second kappa shape index (κ2) is 6.60. The number of hydrogen-bond donors (Lipinski definition) is 2. The van der Waals surface area contributed by atoms with E-state index in [1.807, 2.05) is 42.5 Å². The highest BCUT2D eigenvalue weighted by molar-refractivity contribution is 5.94. The van der Waals surface area contributed by atoms with Crippen molar-refractivity contribution >= 4 is 23.0 Å². The molecule has 0 atom stereocenters. The van der Waals surface area contributed by atoms with Gasteiger partial charge in [-0.3, -0.25) is 4.79 Å². The second-order valence-electron chi connectivity index (χ2n) is 5.54. The van der Waals surface area contributed by atoms with Gasteiger partial charge in [0.1, 0.15) is 0 Å². The van der Waals surface area contributed by atoms with Gasteiger partial charge in [-0.2, -0.15) is 0 Å². The molecule has 120 valence electrons. The number of hydrogen-bond acceptors (Lipinski definition) is 4. The highest BCUT2D eigenvalue weighted by atomic mass is 16.5. The van der Waals surface area contributed by atoms with Crippen LogP contribution in [0.5, 0.6) is 11.5 Å². The summed E-state index contributed by atoms with van der Waals surface area (Å²) in [4.78, 5) is 11.7. The Morgan fingerprint density at radius 1 is 0.913 bits per heavy atom. The van der Waals surface area contributed by atoms with Crippen molar-refractivity contribution in [2.24, 2.45) is 5.92 Å². The Kier molecular flexibility index (Phi) is 4.37. The maximum absolute atomic E-state index is 11.7. The van der Waals surface area contributed by atoms with Gasteiger partial charge < -0.3 is 20.1 Å². The zero-order chi connectivity index (χ0) is 16.2. The third-order valence-corrected chi connectivity index (χ3v) is 3.77. The molecule has 23 heavy (non-hydrogen) atoms. The molecule has 1 aliphatic rings. The molecule has 0 aliphatic heterocycles. The van der Waals surface area contributed by atoms with Crippen molar-refractivity contribution in [3.8, 4) is 11.5 Å². The Balaban J connectivity index is 1.66. The maximum atomic E-state index is 11.7. The lowest BCUT2D eigenvalue weighted by atomic mass is 10.2. The van der Waals surface area contributed by atoms with E-state index in [1.165, 1.54) is 0 Å². The standard InChI is InChI=1S/C18H20N2O3/c1-22-16-10-9-15(11-17(16)23-2)19-13-5-7-14(8-6-13)20-18(21)12-3-4-12/h5-12,19H,3-4H2,1-2H3,(H,20,21). The van der Waals surface area contributed by atoms with Crippen LogP contribution in [0.1, 0.15) is 12.8 Å². The molecular weight excluding hydrogens is 292 g/mol. The zero-order valence-corrected chi connectivity index (χ0v) is 13.3. The van der Waals surface area contributed by atoms with Gasteiger partial charge in [0.25, 0.3) is 0 Å². The smallest absolute Gasteiger partial charge is 0.227 e. The topological polar surface area (TPSA) is 59.6 Å². The van der Waals surface area contributed by atoms with Crippen LogP contribution in [0, 0.1) is 5.92 Å². The van der Waals surface area contributed by atoms with Gasteiger partial charge in [0.2, 0.25) is 5.91 Å². The molecule has 1 aliphatic carbocycles. The summed E-state index contributed by atoms with van der Waals surface area (Å²) in [7, 11) is 3.22. The highest BCUT2D eigenvalue weighted by Gasteiger charge is 2.29. The first-order chi connectivity index (χ1) is 11.2. The van der Waals surface area contributed by atoms with Crippen molar-refractivity contribution in [3.63, 3.8) is 0 Å². The van der Waals surface area contributed by atoms with Gasteiger partial charge >= 0.3 is 0 Å². The third kappa shape index (κ3) is 3.74. The molecule has 2 aromatic carbocycles. The number of carbonyl (C=O) groups is 1. The van der Waals surface area contributed by atoms with E-state index in [9.17, 15) is 4.79 Å². The molecule has 2 N–H and O–H groups in total. The number of rotatable bonds is 6. The van der Waals surface area contributed by atoms with Crippen LogP contribution in [0.3, 0.4) is 0 Å². The summed E-state index contributed by atoms with van der Waals surface area (Å²) in [6, 6.07) is 13.3.